The highest BCUT2D eigenvalue weighted by molar-refractivity contribution is 7.13. The molecule has 1 fully saturated rings. The number of nitrogens with zero attached hydrogens (tertiary/aromatic N) is 2. The molecule has 0 unspecified atom stereocenters. The first-order valence-electron chi connectivity index (χ1n) is 11.2. The van der Waals surface area contributed by atoms with Crippen LogP contribution in [0, 0.1) is 0 Å². The molecule has 0 radical (unpaired) electrons. The first-order chi connectivity index (χ1) is 17.0. The minimum atomic E-state index is -1.03. The minimum absolute atomic E-state index is 0.0301. The Balaban J connectivity index is 1.11. The molecule has 2 aromatic carbocycles. The molecule has 2 N–H and O–H groups in total. The summed E-state index contributed by atoms with van der Waals surface area (Å²) in [6.07, 6.45) is -0.759. The Kier molecular flexibility index (Phi) is 6.47. The number of likely N-dealkylation sites (tertiary alicyclic amines) is 1. The van der Waals surface area contributed by atoms with Crippen molar-refractivity contribution in [3.8, 4) is 11.1 Å². The zero-order valence-electron chi connectivity index (χ0n) is 18.7. The summed E-state index contributed by atoms with van der Waals surface area (Å²) in [5.41, 5.74) is 5.14. The summed E-state index contributed by atoms with van der Waals surface area (Å²) in [5, 5.41) is 13.4. The Bertz CT molecular complexity index is 1220. The minimum Gasteiger partial charge on any atom is -0.480 e. The molecule has 0 spiro atoms. The Morgan fingerprint density at radius 3 is 2.37 bits per heavy atom. The molecule has 0 bridgehead atoms. The molecule has 180 valence electrons. The van der Waals surface area contributed by atoms with Gasteiger partial charge in [-0.15, -0.1) is 11.3 Å². The number of rotatable bonds is 8. The SMILES string of the molecule is O=C(O)COC1CN(C(=O)Cc2csc(NC(=O)OCC3c4ccccc4-c4ccccc43)n2)C1. The highest BCUT2D eigenvalue weighted by atomic mass is 32.1. The van der Waals surface area contributed by atoms with Gasteiger partial charge in [0.05, 0.1) is 18.2 Å². The number of ether oxygens (including phenoxy) is 2. The molecule has 0 atom stereocenters. The van der Waals surface area contributed by atoms with Gasteiger partial charge in [-0.2, -0.15) is 0 Å². The molecule has 1 saturated heterocycles. The zero-order chi connectivity index (χ0) is 24.4. The van der Waals surface area contributed by atoms with Crippen molar-refractivity contribution in [2.75, 3.05) is 31.6 Å². The topological polar surface area (TPSA) is 118 Å². The predicted octanol–water partition coefficient (Wildman–Crippen LogP) is 3.36. The van der Waals surface area contributed by atoms with Crippen LogP contribution in [-0.2, 0) is 25.5 Å². The molecule has 0 saturated carbocycles. The second-order valence-electron chi connectivity index (χ2n) is 8.40. The van der Waals surface area contributed by atoms with Crippen molar-refractivity contribution in [3.63, 3.8) is 0 Å². The average molecular weight is 494 g/mol. The summed E-state index contributed by atoms with van der Waals surface area (Å²) in [4.78, 5) is 41.2. The number of carbonyl (C=O) groups excluding carboxylic acids is 2. The number of carboxylic acids is 1. The molecule has 1 aliphatic carbocycles. The number of carbonyl (C=O) groups is 3. The van der Waals surface area contributed by atoms with E-state index in [1.54, 1.807) is 10.3 Å². The lowest BCUT2D eigenvalue weighted by atomic mass is 9.98. The smallest absolute Gasteiger partial charge is 0.413 e. The molecule has 2 amide bonds. The molecule has 1 aromatic heterocycles. The monoisotopic (exact) mass is 493 g/mol. The number of hydrogen-bond donors (Lipinski definition) is 2. The number of nitrogens with one attached hydrogen (secondary N) is 1. The Morgan fingerprint density at radius 1 is 1.06 bits per heavy atom. The maximum atomic E-state index is 12.4. The van der Waals surface area contributed by atoms with E-state index >= 15 is 0 Å². The van der Waals surface area contributed by atoms with E-state index in [1.165, 1.54) is 11.3 Å². The number of fused-ring (bicyclic) bond motifs is 3. The first kappa shape index (κ1) is 23.0. The highest BCUT2D eigenvalue weighted by Gasteiger charge is 2.32. The Hall–Kier alpha value is -3.76. The van der Waals surface area contributed by atoms with E-state index in [2.05, 4.69) is 34.6 Å². The third-order valence-corrected chi connectivity index (χ3v) is 6.89. The lowest BCUT2D eigenvalue weighted by Gasteiger charge is -2.38. The molecule has 1 aliphatic heterocycles. The highest BCUT2D eigenvalue weighted by Crippen LogP contribution is 2.44. The first-order valence-corrected chi connectivity index (χ1v) is 12.0. The van der Waals surface area contributed by atoms with E-state index < -0.39 is 12.1 Å². The van der Waals surface area contributed by atoms with Crippen LogP contribution in [0.5, 0.6) is 0 Å². The van der Waals surface area contributed by atoms with Crippen LogP contribution in [0.4, 0.5) is 9.93 Å². The van der Waals surface area contributed by atoms with E-state index in [9.17, 15) is 14.4 Å². The second-order valence-corrected chi connectivity index (χ2v) is 9.25. The summed E-state index contributed by atoms with van der Waals surface area (Å²) in [6.45, 7) is 0.558. The van der Waals surface area contributed by atoms with Gasteiger partial charge in [0.1, 0.15) is 13.2 Å². The van der Waals surface area contributed by atoms with Crippen LogP contribution in [0.25, 0.3) is 11.1 Å². The summed E-state index contributed by atoms with van der Waals surface area (Å²) in [7, 11) is 0. The fraction of sp³-hybridized carbons (Fsp3) is 0.280. The molecular weight excluding hydrogens is 470 g/mol. The van der Waals surface area contributed by atoms with Gasteiger partial charge < -0.3 is 19.5 Å². The largest absolute Gasteiger partial charge is 0.480 e. The number of amides is 2. The van der Waals surface area contributed by atoms with Gasteiger partial charge in [-0.25, -0.2) is 14.6 Å². The van der Waals surface area contributed by atoms with E-state index in [4.69, 9.17) is 14.6 Å². The Morgan fingerprint density at radius 2 is 1.71 bits per heavy atom. The lowest BCUT2D eigenvalue weighted by molar-refractivity contribution is -0.154. The number of benzene rings is 2. The molecule has 35 heavy (non-hydrogen) atoms. The third kappa shape index (κ3) is 5.03. The fourth-order valence-corrected chi connectivity index (χ4v) is 5.07. The van der Waals surface area contributed by atoms with E-state index in [0.29, 0.717) is 23.9 Å². The lowest BCUT2D eigenvalue weighted by Crippen LogP contribution is -2.55. The van der Waals surface area contributed by atoms with Crippen molar-refractivity contribution in [2.24, 2.45) is 0 Å². The van der Waals surface area contributed by atoms with E-state index in [-0.39, 0.29) is 37.6 Å². The van der Waals surface area contributed by atoms with Gasteiger partial charge in [0.25, 0.3) is 0 Å². The average Bonchev–Trinajstić information content (AvgIpc) is 3.38. The van der Waals surface area contributed by atoms with Gasteiger partial charge >= 0.3 is 12.1 Å². The third-order valence-electron chi connectivity index (χ3n) is 6.08. The molecule has 9 nitrogen and oxygen atoms in total. The molecule has 3 aromatic rings. The normalized spacial score (nSPS) is 14.7. The molecule has 2 aliphatic rings. The van der Waals surface area contributed by atoms with Crippen LogP contribution in [0.2, 0.25) is 0 Å². The van der Waals surface area contributed by atoms with Gasteiger partial charge in [0.2, 0.25) is 5.91 Å². The van der Waals surface area contributed by atoms with Crippen molar-refractivity contribution in [3.05, 3.63) is 70.7 Å². The maximum absolute atomic E-state index is 12.4. The summed E-state index contributed by atoms with van der Waals surface area (Å²) < 4.78 is 10.7. The van der Waals surface area contributed by atoms with Gasteiger partial charge in [-0.3, -0.25) is 10.1 Å². The van der Waals surface area contributed by atoms with Crippen molar-refractivity contribution in [2.45, 2.75) is 18.4 Å². The van der Waals surface area contributed by atoms with Crippen molar-refractivity contribution in [1.29, 1.82) is 0 Å². The van der Waals surface area contributed by atoms with Crippen molar-refractivity contribution < 1.29 is 29.0 Å². The predicted molar refractivity (Wildman–Crippen MR) is 128 cm³/mol. The zero-order valence-corrected chi connectivity index (χ0v) is 19.5. The van der Waals surface area contributed by atoms with Gasteiger partial charge in [-0.05, 0) is 22.3 Å². The molecular formula is C25H23N3O6S. The molecule has 2 heterocycles. The van der Waals surface area contributed by atoms with Crippen LogP contribution in [-0.4, -0.2) is 65.4 Å². The number of thiazole rings is 1. The van der Waals surface area contributed by atoms with E-state index in [0.717, 1.165) is 22.3 Å². The molecule has 10 heteroatoms. The number of hydrogen-bond acceptors (Lipinski definition) is 7. The van der Waals surface area contributed by atoms with Gasteiger partial charge in [0, 0.05) is 24.4 Å². The Labute approximate surface area is 205 Å². The van der Waals surface area contributed by atoms with Crippen LogP contribution >= 0.6 is 11.3 Å². The van der Waals surface area contributed by atoms with E-state index in [1.807, 2.05) is 24.3 Å². The van der Waals surface area contributed by atoms with Gasteiger partial charge in [0.15, 0.2) is 5.13 Å². The van der Waals surface area contributed by atoms with Gasteiger partial charge in [-0.1, -0.05) is 48.5 Å². The summed E-state index contributed by atoms with van der Waals surface area (Å²) in [6, 6.07) is 16.3. The summed E-state index contributed by atoms with van der Waals surface area (Å²) in [5.74, 6) is -1.19. The van der Waals surface area contributed by atoms with Crippen molar-refractivity contribution in [1.82, 2.24) is 9.88 Å². The quantitative estimate of drug-likeness (QED) is 0.494. The van der Waals surface area contributed by atoms with Crippen LogP contribution < -0.4 is 5.32 Å². The number of anilines is 1. The fourth-order valence-electron chi connectivity index (χ4n) is 4.37. The number of carboxylic acid groups (broad SMARTS) is 1. The molecule has 5 rings (SSSR count). The standard InChI is InChI=1S/C25H23N3O6S/c29-22(28-10-16(11-28)33-13-23(30)31)9-15-14-35-24(26-15)27-25(32)34-12-21-19-7-3-1-5-17(19)18-6-2-4-8-20(18)21/h1-8,14,16,21H,9-13H2,(H,30,31)(H,26,27,32). The maximum Gasteiger partial charge on any atom is 0.413 e. The van der Waals surface area contributed by atoms with Crippen LogP contribution in [0.3, 0.4) is 0 Å². The van der Waals surface area contributed by atoms with Crippen molar-refractivity contribution >= 4 is 34.4 Å². The summed E-state index contributed by atoms with van der Waals surface area (Å²) >= 11 is 1.22. The second kappa shape index (κ2) is 9.85. The van der Waals surface area contributed by atoms with Crippen LogP contribution in [0.1, 0.15) is 22.7 Å². The van der Waals surface area contributed by atoms with Crippen LogP contribution in [0.15, 0.2) is 53.9 Å². The number of aromatic nitrogens is 1. The number of aliphatic carboxylic acids is 1.